The van der Waals surface area contributed by atoms with E-state index in [1.807, 2.05) is 0 Å². The number of ether oxygens (including phenoxy) is 1. The number of methoxy groups -OCH3 is 1. The maximum Gasteiger partial charge on any atom is 0.397 e. The number of likely N-dealkylation sites (tertiary alicyclic amines) is 1. The Morgan fingerprint density at radius 2 is 1.08 bits per heavy atom. The van der Waals surface area contributed by atoms with Gasteiger partial charge in [0.15, 0.2) is 0 Å². The lowest BCUT2D eigenvalue weighted by atomic mass is 9.95. The number of carbonyl (C=O) groups is 2. The van der Waals surface area contributed by atoms with Crippen LogP contribution in [0.4, 0.5) is 0 Å². The highest BCUT2D eigenvalue weighted by atomic mass is 32.3. The predicted octanol–water partition coefficient (Wildman–Crippen LogP) is 8.54. The first-order valence-electron chi connectivity index (χ1n) is 19.5. The molecule has 0 aromatic carbocycles. The molecule has 4 atom stereocenters. The molecular weight excluding hydrogens is 687 g/mol. The summed E-state index contributed by atoms with van der Waals surface area (Å²) in [6, 6.07) is -0.447. The van der Waals surface area contributed by atoms with Crippen LogP contribution in [-0.2, 0) is 43.5 Å². The van der Waals surface area contributed by atoms with Gasteiger partial charge in [-0.1, -0.05) is 136 Å². The van der Waals surface area contributed by atoms with Crippen LogP contribution >= 0.6 is 0 Å². The van der Waals surface area contributed by atoms with Crippen LogP contribution in [-0.4, -0.2) is 74.6 Å². The molecule has 1 rings (SSSR count). The highest BCUT2D eigenvalue weighted by Crippen LogP contribution is 2.24. The van der Waals surface area contributed by atoms with Crippen LogP contribution in [0.15, 0.2) is 0 Å². The summed E-state index contributed by atoms with van der Waals surface area (Å²) in [5.41, 5.74) is 0. The molecule has 12 nitrogen and oxygen atoms in total. The average molecular weight is 756 g/mol. The molecule has 0 aliphatic carbocycles. The summed E-state index contributed by atoms with van der Waals surface area (Å²) in [7, 11) is -8.36. The second-order valence-corrected chi connectivity index (χ2v) is 16.4. The topological polar surface area (TPSA) is 174 Å². The number of nitrogens with zero attached hydrogens (tertiary/aromatic N) is 1. The molecule has 0 unspecified atom stereocenters. The molecule has 0 bridgehead atoms. The fourth-order valence-electron chi connectivity index (χ4n) is 6.95. The third kappa shape index (κ3) is 24.0. The van der Waals surface area contributed by atoms with E-state index in [0.717, 1.165) is 96.3 Å². The zero-order chi connectivity index (χ0) is 37.3. The third-order valence-electron chi connectivity index (χ3n) is 9.82. The van der Waals surface area contributed by atoms with Crippen molar-refractivity contribution in [1.29, 1.82) is 0 Å². The van der Waals surface area contributed by atoms with E-state index in [2.05, 4.69) is 13.8 Å². The second kappa shape index (κ2) is 27.3. The van der Waals surface area contributed by atoms with Crippen molar-refractivity contribution >= 4 is 32.7 Å². The monoisotopic (exact) mass is 755 g/mol. The Bertz CT molecular complexity index is 1120. The van der Waals surface area contributed by atoms with Crippen molar-refractivity contribution in [2.45, 2.75) is 199 Å². The number of carbonyl (C=O) groups excluding carboxylic acids is 2. The highest BCUT2D eigenvalue weighted by Gasteiger charge is 2.33. The van der Waals surface area contributed by atoms with E-state index >= 15 is 0 Å². The summed E-state index contributed by atoms with van der Waals surface area (Å²) in [4.78, 5) is 26.4. The van der Waals surface area contributed by atoms with Crippen LogP contribution in [0.3, 0.4) is 0 Å². The molecule has 1 fully saturated rings. The molecule has 14 heteroatoms. The van der Waals surface area contributed by atoms with Gasteiger partial charge in [0.2, 0.25) is 5.91 Å². The number of amides is 1. The minimum Gasteiger partial charge on any atom is -0.467 e. The summed E-state index contributed by atoms with van der Waals surface area (Å²) in [6.07, 6.45) is 20.8. The van der Waals surface area contributed by atoms with Crippen LogP contribution in [0.25, 0.3) is 0 Å². The van der Waals surface area contributed by atoms with E-state index in [1.165, 1.54) is 39.2 Å². The maximum atomic E-state index is 12.7. The molecule has 1 saturated heterocycles. The molecule has 50 heavy (non-hydrogen) atoms. The smallest absolute Gasteiger partial charge is 0.397 e. The number of rotatable bonds is 31. The van der Waals surface area contributed by atoms with Crippen molar-refractivity contribution in [3.8, 4) is 0 Å². The van der Waals surface area contributed by atoms with Gasteiger partial charge in [-0.2, -0.15) is 16.8 Å². The molecule has 0 saturated carbocycles. The maximum absolute atomic E-state index is 12.7. The van der Waals surface area contributed by atoms with Crippen molar-refractivity contribution in [3.05, 3.63) is 0 Å². The van der Waals surface area contributed by atoms with Gasteiger partial charge >= 0.3 is 26.8 Å². The van der Waals surface area contributed by atoms with Crippen molar-refractivity contribution < 1.29 is 48.6 Å². The first-order valence-corrected chi connectivity index (χ1v) is 22.2. The molecule has 0 aromatic heterocycles. The minimum atomic E-state index is -4.86. The van der Waals surface area contributed by atoms with E-state index in [9.17, 15) is 35.5 Å². The van der Waals surface area contributed by atoms with E-state index in [0.29, 0.717) is 38.1 Å². The SMILES string of the molecule is CCCCCC[C@H](C)CCCCCC[C@@H](OS(=O)(=O)O)[C@@H](CCCCCCCCCCCCC(=O)N1CCCC[C@H]1C(=O)OC)OS(=O)(=O)O. The van der Waals surface area contributed by atoms with Gasteiger partial charge < -0.3 is 9.64 Å². The Labute approximate surface area is 304 Å². The lowest BCUT2D eigenvalue weighted by molar-refractivity contribution is -0.154. The number of unbranched alkanes of at least 4 members (excludes halogenated alkanes) is 15. The molecular formula is C36H69NO11S2. The van der Waals surface area contributed by atoms with Gasteiger partial charge in [-0.25, -0.2) is 13.2 Å². The minimum absolute atomic E-state index is 0.0315. The van der Waals surface area contributed by atoms with E-state index in [1.54, 1.807) is 4.90 Å². The molecule has 2 N–H and O–H groups in total. The lowest BCUT2D eigenvalue weighted by Gasteiger charge is -2.33. The third-order valence-corrected chi connectivity index (χ3v) is 10.8. The largest absolute Gasteiger partial charge is 0.467 e. The lowest BCUT2D eigenvalue weighted by Crippen LogP contribution is -2.48. The Balaban J connectivity index is 2.32. The quantitative estimate of drug-likeness (QED) is 0.0394. The van der Waals surface area contributed by atoms with E-state index < -0.39 is 39.0 Å². The fraction of sp³-hybridized carbons (Fsp3) is 0.944. The molecule has 1 amide bonds. The molecule has 296 valence electrons. The first-order chi connectivity index (χ1) is 23.8. The van der Waals surface area contributed by atoms with Crippen molar-refractivity contribution in [3.63, 3.8) is 0 Å². The molecule has 1 aliphatic heterocycles. The number of piperidine rings is 1. The van der Waals surface area contributed by atoms with Crippen molar-refractivity contribution in [1.82, 2.24) is 4.90 Å². The zero-order valence-corrected chi connectivity index (χ0v) is 32.9. The number of esters is 1. The second-order valence-electron chi connectivity index (χ2n) is 14.3. The molecule has 0 aromatic rings. The Morgan fingerprint density at radius 3 is 1.52 bits per heavy atom. The number of hydrogen-bond donors (Lipinski definition) is 2. The van der Waals surface area contributed by atoms with Gasteiger partial charge in [0.1, 0.15) is 18.2 Å². The fourth-order valence-corrected chi connectivity index (χ4v) is 8.02. The highest BCUT2D eigenvalue weighted by molar-refractivity contribution is 7.81. The van der Waals surface area contributed by atoms with Gasteiger partial charge in [-0.05, 0) is 44.4 Å². The summed E-state index contributed by atoms with van der Waals surface area (Å²) in [6.45, 7) is 5.09. The van der Waals surface area contributed by atoms with Crippen LogP contribution in [0, 0.1) is 5.92 Å². The molecule has 1 heterocycles. The summed E-state index contributed by atoms with van der Waals surface area (Å²) in [5.74, 6) is 0.367. The summed E-state index contributed by atoms with van der Waals surface area (Å²) >= 11 is 0. The Kier molecular flexibility index (Phi) is 25.5. The van der Waals surface area contributed by atoms with Crippen LogP contribution < -0.4 is 0 Å². The van der Waals surface area contributed by atoms with Gasteiger partial charge in [0.05, 0.1) is 7.11 Å². The summed E-state index contributed by atoms with van der Waals surface area (Å²) in [5, 5.41) is 0. The van der Waals surface area contributed by atoms with Crippen molar-refractivity contribution in [2.75, 3.05) is 13.7 Å². The molecule has 1 aliphatic rings. The first kappa shape index (κ1) is 46.7. The van der Waals surface area contributed by atoms with Gasteiger partial charge in [-0.15, -0.1) is 0 Å². The van der Waals surface area contributed by atoms with Gasteiger partial charge in [0, 0.05) is 13.0 Å². The molecule has 0 radical (unpaired) electrons. The van der Waals surface area contributed by atoms with Crippen molar-refractivity contribution in [2.24, 2.45) is 5.92 Å². The normalized spacial score (nSPS) is 17.4. The number of hydrogen-bond acceptors (Lipinski definition) is 9. The molecule has 0 spiro atoms. The van der Waals surface area contributed by atoms with Crippen LogP contribution in [0.2, 0.25) is 0 Å². The zero-order valence-electron chi connectivity index (χ0n) is 31.2. The Hall–Kier alpha value is -1.32. The van der Waals surface area contributed by atoms with Gasteiger partial charge in [-0.3, -0.25) is 13.9 Å². The van der Waals surface area contributed by atoms with Crippen LogP contribution in [0.1, 0.15) is 181 Å². The summed E-state index contributed by atoms with van der Waals surface area (Å²) < 4.78 is 79.7. The van der Waals surface area contributed by atoms with E-state index in [4.69, 9.17) is 13.1 Å². The van der Waals surface area contributed by atoms with Gasteiger partial charge in [0.25, 0.3) is 0 Å². The van der Waals surface area contributed by atoms with Crippen LogP contribution in [0.5, 0.6) is 0 Å². The predicted molar refractivity (Wildman–Crippen MR) is 195 cm³/mol. The average Bonchev–Trinajstić information content (AvgIpc) is 3.06. The standard InChI is InChI=1S/C36H69NO11S2/c1-4-5-6-17-24-31(2)25-18-15-16-20-28-34(48-50(43,44)45)33(47-49(40,41)42)27-19-13-11-9-7-8-10-12-14-21-29-35(38)37-30-23-22-26-32(37)36(39)46-3/h31-34H,4-30H2,1-3H3,(H,40,41,42)(H,43,44,45)/t31-,32-,33+,34+/m0/s1. The Morgan fingerprint density at radius 1 is 0.660 bits per heavy atom. The van der Waals surface area contributed by atoms with E-state index in [-0.39, 0.29) is 24.7 Å².